The van der Waals surface area contributed by atoms with Crippen LogP contribution >= 0.6 is 11.8 Å². The fraction of sp³-hybridized carbons (Fsp3) is 0.200. The monoisotopic (exact) mass is 367 g/mol. The summed E-state index contributed by atoms with van der Waals surface area (Å²) in [6, 6.07) is 17.6. The van der Waals surface area contributed by atoms with Crippen LogP contribution in [0.15, 0.2) is 72.4 Å². The van der Waals surface area contributed by atoms with E-state index in [9.17, 15) is 0 Å². The molecule has 0 bridgehead atoms. The van der Waals surface area contributed by atoms with Crippen LogP contribution < -0.4 is 9.47 Å². The lowest BCUT2D eigenvalue weighted by molar-refractivity contribution is 0.344. The highest BCUT2D eigenvalue weighted by molar-refractivity contribution is 7.99. The van der Waals surface area contributed by atoms with Crippen molar-refractivity contribution in [1.29, 1.82) is 0 Å². The molecule has 2 aromatic carbocycles. The van der Waals surface area contributed by atoms with Crippen LogP contribution in [0.4, 0.5) is 0 Å². The Morgan fingerprint density at radius 1 is 1.08 bits per heavy atom. The smallest absolute Gasteiger partial charge is 0.191 e. The van der Waals surface area contributed by atoms with Gasteiger partial charge in [0, 0.05) is 12.3 Å². The van der Waals surface area contributed by atoms with E-state index in [-0.39, 0.29) is 0 Å². The maximum absolute atomic E-state index is 5.74. The fourth-order valence-electron chi connectivity index (χ4n) is 2.53. The summed E-state index contributed by atoms with van der Waals surface area (Å²) in [6.45, 7) is 5.07. The highest BCUT2D eigenvalue weighted by Gasteiger charge is 2.16. The molecule has 0 saturated carbocycles. The van der Waals surface area contributed by atoms with Crippen LogP contribution in [0, 0.1) is 0 Å². The van der Waals surface area contributed by atoms with E-state index < -0.39 is 0 Å². The number of hydrogen-bond acceptors (Lipinski definition) is 5. The van der Waals surface area contributed by atoms with Crippen LogP contribution in [-0.2, 0) is 6.54 Å². The SMILES string of the molecule is C=CCn1c(SCCOc2ccccc2)nnc1-c1ccccc1OC. The molecule has 26 heavy (non-hydrogen) atoms. The topological polar surface area (TPSA) is 49.2 Å². The highest BCUT2D eigenvalue weighted by Crippen LogP contribution is 2.30. The standard InChI is InChI=1S/C20H21N3O2S/c1-3-13-23-19(17-11-7-8-12-18(17)24-2)21-22-20(23)26-15-14-25-16-9-5-4-6-10-16/h3-12H,1,13-15H2,2H3. The largest absolute Gasteiger partial charge is 0.496 e. The number of hydrogen-bond donors (Lipinski definition) is 0. The summed E-state index contributed by atoms with van der Waals surface area (Å²) in [7, 11) is 1.66. The number of thioether (sulfide) groups is 1. The summed E-state index contributed by atoms with van der Waals surface area (Å²) in [6.07, 6.45) is 1.84. The van der Waals surface area contributed by atoms with Crippen molar-refractivity contribution >= 4 is 11.8 Å². The molecular weight excluding hydrogens is 346 g/mol. The number of aromatic nitrogens is 3. The summed E-state index contributed by atoms with van der Waals surface area (Å²) >= 11 is 1.61. The number of para-hydroxylation sites is 2. The molecule has 0 saturated heterocycles. The third-order valence-electron chi connectivity index (χ3n) is 3.70. The summed E-state index contributed by atoms with van der Waals surface area (Å²) in [5, 5.41) is 9.56. The van der Waals surface area contributed by atoms with Gasteiger partial charge in [-0.05, 0) is 24.3 Å². The molecule has 0 aliphatic heterocycles. The Hall–Kier alpha value is -2.73. The van der Waals surface area contributed by atoms with E-state index >= 15 is 0 Å². The van der Waals surface area contributed by atoms with Crippen molar-refractivity contribution in [2.75, 3.05) is 19.5 Å². The van der Waals surface area contributed by atoms with Gasteiger partial charge < -0.3 is 9.47 Å². The Labute approximate surface area is 157 Å². The first-order chi connectivity index (χ1) is 12.8. The van der Waals surface area contributed by atoms with E-state index in [1.807, 2.05) is 65.2 Å². The van der Waals surface area contributed by atoms with Crippen LogP contribution in [0.5, 0.6) is 11.5 Å². The number of nitrogens with zero attached hydrogens (tertiary/aromatic N) is 3. The van der Waals surface area contributed by atoms with Crippen molar-refractivity contribution in [3.8, 4) is 22.9 Å². The van der Waals surface area contributed by atoms with E-state index in [2.05, 4.69) is 16.8 Å². The lowest BCUT2D eigenvalue weighted by Gasteiger charge is -2.10. The van der Waals surface area contributed by atoms with Gasteiger partial charge in [0.2, 0.25) is 0 Å². The minimum absolute atomic E-state index is 0.597. The molecule has 6 heteroatoms. The molecule has 0 unspecified atom stereocenters. The molecule has 1 aromatic heterocycles. The van der Waals surface area contributed by atoms with Crippen LogP contribution in [0.25, 0.3) is 11.4 Å². The van der Waals surface area contributed by atoms with E-state index in [1.165, 1.54) is 0 Å². The van der Waals surface area contributed by atoms with Gasteiger partial charge in [-0.15, -0.1) is 16.8 Å². The lowest BCUT2D eigenvalue weighted by Crippen LogP contribution is -2.04. The van der Waals surface area contributed by atoms with Crippen molar-refractivity contribution < 1.29 is 9.47 Å². The zero-order valence-corrected chi connectivity index (χ0v) is 15.5. The van der Waals surface area contributed by atoms with Crippen LogP contribution in [0.2, 0.25) is 0 Å². The second-order valence-corrected chi connectivity index (χ2v) is 6.48. The first-order valence-electron chi connectivity index (χ1n) is 8.31. The molecule has 3 rings (SSSR count). The summed E-state index contributed by atoms with van der Waals surface area (Å²) in [5.74, 6) is 3.19. The van der Waals surface area contributed by atoms with E-state index in [1.54, 1.807) is 18.9 Å². The molecule has 0 fully saturated rings. The van der Waals surface area contributed by atoms with Crippen molar-refractivity contribution in [1.82, 2.24) is 14.8 Å². The molecule has 5 nitrogen and oxygen atoms in total. The van der Waals surface area contributed by atoms with Crippen molar-refractivity contribution in [3.63, 3.8) is 0 Å². The summed E-state index contributed by atoms with van der Waals surface area (Å²) in [4.78, 5) is 0. The molecule has 0 spiro atoms. The first-order valence-corrected chi connectivity index (χ1v) is 9.30. The Kier molecular flexibility index (Phi) is 6.33. The molecular formula is C20H21N3O2S. The third-order valence-corrected chi connectivity index (χ3v) is 4.63. The van der Waals surface area contributed by atoms with Crippen molar-refractivity contribution in [2.24, 2.45) is 0 Å². The third kappa shape index (κ3) is 4.26. The Balaban J connectivity index is 1.72. The lowest BCUT2D eigenvalue weighted by atomic mass is 10.2. The fourth-order valence-corrected chi connectivity index (χ4v) is 3.29. The molecule has 1 heterocycles. The van der Waals surface area contributed by atoms with Crippen LogP contribution in [-0.4, -0.2) is 34.2 Å². The zero-order chi connectivity index (χ0) is 18.2. The summed E-state index contributed by atoms with van der Waals surface area (Å²) < 4.78 is 13.2. The molecule has 0 radical (unpaired) electrons. The quantitative estimate of drug-likeness (QED) is 0.320. The second kappa shape index (κ2) is 9.10. The van der Waals surface area contributed by atoms with E-state index in [0.29, 0.717) is 13.2 Å². The molecule has 0 aliphatic rings. The second-order valence-electron chi connectivity index (χ2n) is 5.42. The number of methoxy groups -OCH3 is 1. The first kappa shape index (κ1) is 18.1. The minimum atomic E-state index is 0.597. The Morgan fingerprint density at radius 2 is 1.85 bits per heavy atom. The van der Waals surface area contributed by atoms with Crippen LogP contribution in [0.3, 0.4) is 0 Å². The molecule has 3 aromatic rings. The summed E-state index contributed by atoms with van der Waals surface area (Å²) in [5.41, 5.74) is 0.914. The molecule has 134 valence electrons. The van der Waals surface area contributed by atoms with E-state index in [4.69, 9.17) is 9.47 Å². The van der Waals surface area contributed by atoms with Gasteiger partial charge in [0.25, 0.3) is 0 Å². The normalized spacial score (nSPS) is 10.5. The highest BCUT2D eigenvalue weighted by atomic mass is 32.2. The molecule has 0 amide bonds. The Morgan fingerprint density at radius 3 is 2.62 bits per heavy atom. The Bertz CT molecular complexity index is 849. The number of allylic oxidation sites excluding steroid dienone is 1. The maximum atomic E-state index is 5.74. The van der Waals surface area contributed by atoms with Gasteiger partial charge in [-0.1, -0.05) is 48.2 Å². The zero-order valence-electron chi connectivity index (χ0n) is 14.7. The number of benzene rings is 2. The van der Waals surface area contributed by atoms with Crippen LogP contribution in [0.1, 0.15) is 0 Å². The van der Waals surface area contributed by atoms with Crippen molar-refractivity contribution in [3.05, 3.63) is 67.3 Å². The van der Waals surface area contributed by atoms with Gasteiger partial charge in [-0.2, -0.15) is 0 Å². The van der Waals surface area contributed by atoms with Gasteiger partial charge in [-0.3, -0.25) is 4.57 Å². The van der Waals surface area contributed by atoms with Crippen molar-refractivity contribution in [2.45, 2.75) is 11.7 Å². The van der Waals surface area contributed by atoms with Gasteiger partial charge in [0.15, 0.2) is 11.0 Å². The number of rotatable bonds is 9. The van der Waals surface area contributed by atoms with Gasteiger partial charge in [0.05, 0.1) is 19.3 Å². The van der Waals surface area contributed by atoms with E-state index in [0.717, 1.165) is 33.8 Å². The predicted molar refractivity (Wildman–Crippen MR) is 105 cm³/mol. The molecule has 0 aliphatic carbocycles. The predicted octanol–water partition coefficient (Wildman–Crippen LogP) is 4.31. The minimum Gasteiger partial charge on any atom is -0.496 e. The molecule has 0 N–H and O–H groups in total. The average molecular weight is 367 g/mol. The number of ether oxygens (including phenoxy) is 2. The molecule has 0 atom stereocenters. The van der Waals surface area contributed by atoms with Gasteiger partial charge in [-0.25, -0.2) is 0 Å². The average Bonchev–Trinajstić information content (AvgIpc) is 3.09. The maximum Gasteiger partial charge on any atom is 0.191 e. The van der Waals surface area contributed by atoms with Gasteiger partial charge >= 0.3 is 0 Å². The van der Waals surface area contributed by atoms with Gasteiger partial charge in [0.1, 0.15) is 11.5 Å².